The van der Waals surface area contributed by atoms with Crippen molar-refractivity contribution in [2.24, 2.45) is 0 Å². The molecule has 3 aromatic heterocycles. The molecule has 0 spiro atoms. The van der Waals surface area contributed by atoms with Gasteiger partial charge in [-0.1, -0.05) is 35.1 Å². The van der Waals surface area contributed by atoms with Crippen LogP contribution in [-0.2, 0) is 13.0 Å². The first-order valence-electron chi connectivity index (χ1n) is 9.80. The lowest BCUT2D eigenvalue weighted by molar-refractivity contribution is 0.247. The summed E-state index contributed by atoms with van der Waals surface area (Å²) in [6.45, 7) is 4.52. The summed E-state index contributed by atoms with van der Waals surface area (Å²) in [6, 6.07) is 10.3. The Morgan fingerprint density at radius 1 is 0.967 bits per heavy atom. The van der Waals surface area contributed by atoms with Crippen molar-refractivity contribution in [2.45, 2.75) is 13.0 Å². The summed E-state index contributed by atoms with van der Waals surface area (Å²) in [4.78, 5) is 9.37. The Morgan fingerprint density at radius 2 is 1.77 bits per heavy atom. The Hall–Kier alpha value is -2.55. The second-order valence-electron chi connectivity index (χ2n) is 7.39. The number of rotatable bonds is 5. The Balaban J connectivity index is 1.17. The molecule has 1 saturated heterocycles. The normalized spacial score (nSPS) is 15.2. The van der Waals surface area contributed by atoms with Crippen LogP contribution < -0.4 is 4.90 Å². The summed E-state index contributed by atoms with van der Waals surface area (Å²) in [5.41, 5.74) is 3.00. The van der Waals surface area contributed by atoms with Gasteiger partial charge >= 0.3 is 0 Å². The molecule has 30 heavy (non-hydrogen) atoms. The Morgan fingerprint density at radius 3 is 2.57 bits per heavy atom. The third kappa shape index (κ3) is 4.30. The molecule has 1 aromatic carbocycles. The number of piperazine rings is 1. The number of halogens is 2. The summed E-state index contributed by atoms with van der Waals surface area (Å²) >= 11 is 7.67. The lowest BCUT2D eigenvalue weighted by atomic mass is 10.2. The zero-order valence-electron chi connectivity index (χ0n) is 16.2. The van der Waals surface area contributed by atoms with Crippen LogP contribution in [0.25, 0.3) is 5.65 Å². The summed E-state index contributed by atoms with van der Waals surface area (Å²) in [6.07, 6.45) is 4.60. The average Bonchev–Trinajstić information content (AvgIpc) is 3.36. The summed E-state index contributed by atoms with van der Waals surface area (Å²) in [7, 11) is 0. The van der Waals surface area contributed by atoms with Crippen LogP contribution in [0, 0.1) is 5.82 Å². The maximum absolute atomic E-state index is 13.1. The van der Waals surface area contributed by atoms with Crippen molar-refractivity contribution in [3.63, 3.8) is 0 Å². The number of benzene rings is 1. The lowest BCUT2D eigenvalue weighted by Gasteiger charge is -2.33. The van der Waals surface area contributed by atoms with Crippen LogP contribution >= 0.6 is 22.9 Å². The summed E-state index contributed by atoms with van der Waals surface area (Å²) in [5.74, 6) is -0.220. The molecule has 0 atom stereocenters. The second-order valence-corrected chi connectivity index (χ2v) is 8.87. The smallest absolute Gasteiger partial charge is 0.208 e. The van der Waals surface area contributed by atoms with E-state index in [1.807, 2.05) is 28.9 Å². The van der Waals surface area contributed by atoms with Crippen LogP contribution in [-0.4, -0.2) is 50.7 Å². The zero-order valence-corrected chi connectivity index (χ0v) is 17.8. The molecule has 0 aliphatic carbocycles. The third-order valence-electron chi connectivity index (χ3n) is 5.22. The van der Waals surface area contributed by atoms with Crippen LogP contribution in [0.5, 0.6) is 0 Å². The fourth-order valence-electron chi connectivity index (χ4n) is 3.64. The van der Waals surface area contributed by atoms with Gasteiger partial charge in [-0.15, -0.1) is 10.2 Å². The highest BCUT2D eigenvalue weighted by Gasteiger charge is 2.21. The fourth-order valence-corrected chi connectivity index (χ4v) is 4.73. The predicted molar refractivity (Wildman–Crippen MR) is 117 cm³/mol. The van der Waals surface area contributed by atoms with E-state index in [9.17, 15) is 4.39 Å². The molecule has 1 aliphatic heterocycles. The van der Waals surface area contributed by atoms with Gasteiger partial charge in [0.05, 0.1) is 10.7 Å². The first kappa shape index (κ1) is 19.4. The molecule has 1 aliphatic rings. The minimum atomic E-state index is -0.220. The third-order valence-corrected chi connectivity index (χ3v) is 6.43. The van der Waals surface area contributed by atoms with E-state index in [4.69, 9.17) is 11.6 Å². The monoisotopic (exact) mass is 442 g/mol. The van der Waals surface area contributed by atoms with E-state index in [0.717, 1.165) is 59.8 Å². The minimum absolute atomic E-state index is 0.220. The van der Waals surface area contributed by atoms with Gasteiger partial charge in [-0.2, -0.15) is 0 Å². The van der Waals surface area contributed by atoms with E-state index >= 15 is 0 Å². The number of hydrogen-bond donors (Lipinski definition) is 0. The molecular formula is C21H20ClFN6S. The van der Waals surface area contributed by atoms with Gasteiger partial charge in [0.25, 0.3) is 0 Å². The molecule has 5 rings (SSSR count). The molecule has 0 amide bonds. The first-order valence-corrected chi connectivity index (χ1v) is 11.0. The molecule has 6 nitrogen and oxygen atoms in total. The average molecular weight is 443 g/mol. The van der Waals surface area contributed by atoms with Gasteiger partial charge in [-0.05, 0) is 29.8 Å². The van der Waals surface area contributed by atoms with E-state index in [-0.39, 0.29) is 5.82 Å². The van der Waals surface area contributed by atoms with Gasteiger partial charge < -0.3 is 9.30 Å². The summed E-state index contributed by atoms with van der Waals surface area (Å²) < 4.78 is 15.0. The van der Waals surface area contributed by atoms with E-state index in [1.54, 1.807) is 23.5 Å². The maximum atomic E-state index is 13.1. The molecule has 1 fully saturated rings. The highest BCUT2D eigenvalue weighted by atomic mass is 35.5. The molecule has 0 bridgehead atoms. The number of anilines is 1. The molecule has 4 aromatic rings. The quantitative estimate of drug-likeness (QED) is 0.469. The first-order chi connectivity index (χ1) is 14.6. The van der Waals surface area contributed by atoms with E-state index in [1.165, 1.54) is 12.1 Å². The zero-order chi connectivity index (χ0) is 20.5. The highest BCUT2D eigenvalue weighted by Crippen LogP contribution is 2.24. The number of pyridine rings is 1. The van der Waals surface area contributed by atoms with Gasteiger partial charge in [0, 0.05) is 51.5 Å². The van der Waals surface area contributed by atoms with Gasteiger partial charge in [-0.25, -0.2) is 9.37 Å². The largest absolute Gasteiger partial charge is 0.344 e. The summed E-state index contributed by atoms with van der Waals surface area (Å²) in [5, 5.41) is 11.3. The molecule has 0 radical (unpaired) electrons. The van der Waals surface area contributed by atoms with Crippen molar-refractivity contribution in [1.82, 2.24) is 24.5 Å². The van der Waals surface area contributed by atoms with Gasteiger partial charge in [0.2, 0.25) is 5.13 Å². The maximum Gasteiger partial charge on any atom is 0.208 e. The van der Waals surface area contributed by atoms with Gasteiger partial charge in [-0.3, -0.25) is 4.90 Å². The van der Waals surface area contributed by atoms with Crippen LogP contribution in [0.1, 0.15) is 16.3 Å². The molecular weight excluding hydrogens is 423 g/mol. The van der Waals surface area contributed by atoms with Crippen LogP contribution in [0.15, 0.2) is 48.8 Å². The number of nitrogens with zero attached hydrogens (tertiary/aromatic N) is 6. The molecule has 0 saturated carbocycles. The Bertz CT molecular complexity index is 1150. The number of aromatic nitrogens is 4. The van der Waals surface area contributed by atoms with Crippen LogP contribution in [0.2, 0.25) is 5.02 Å². The molecule has 0 unspecified atom stereocenters. The van der Waals surface area contributed by atoms with Crippen molar-refractivity contribution in [1.29, 1.82) is 0 Å². The van der Waals surface area contributed by atoms with E-state index in [2.05, 4.69) is 25.0 Å². The number of hydrogen-bond acceptors (Lipinski definition) is 6. The highest BCUT2D eigenvalue weighted by molar-refractivity contribution is 7.15. The SMILES string of the molecule is Fc1ccc(Cc2nnc(N3CCN(Cc4cn5cc(Cl)ccc5n4)CC3)s2)cc1. The molecule has 4 heterocycles. The standard InChI is InChI=1S/C21H20ClFN6S/c22-16-3-6-19-24-18(14-29(19)12-16)13-27-7-9-28(10-8-27)21-26-25-20(30-21)11-15-1-4-17(23)5-2-15/h1-6,12,14H,7-11,13H2. The minimum Gasteiger partial charge on any atom is -0.344 e. The fraction of sp³-hybridized carbons (Fsp3) is 0.286. The molecule has 154 valence electrons. The van der Waals surface area contributed by atoms with Crippen molar-refractivity contribution in [2.75, 3.05) is 31.1 Å². The predicted octanol–water partition coefficient (Wildman–Crippen LogP) is 3.89. The topological polar surface area (TPSA) is 49.6 Å². The van der Waals surface area contributed by atoms with Crippen molar-refractivity contribution >= 4 is 33.7 Å². The van der Waals surface area contributed by atoms with Crippen molar-refractivity contribution in [3.8, 4) is 0 Å². The lowest BCUT2D eigenvalue weighted by Crippen LogP contribution is -2.46. The van der Waals surface area contributed by atoms with E-state index in [0.29, 0.717) is 11.4 Å². The second kappa shape index (κ2) is 8.29. The van der Waals surface area contributed by atoms with Gasteiger partial charge in [0.1, 0.15) is 16.5 Å². The Labute approximate surface area is 182 Å². The van der Waals surface area contributed by atoms with Crippen LogP contribution in [0.4, 0.5) is 9.52 Å². The Kier molecular flexibility index (Phi) is 5.37. The van der Waals surface area contributed by atoms with Crippen LogP contribution in [0.3, 0.4) is 0 Å². The molecule has 0 N–H and O–H groups in total. The van der Waals surface area contributed by atoms with Crippen molar-refractivity contribution < 1.29 is 4.39 Å². The number of imidazole rings is 1. The number of fused-ring (bicyclic) bond motifs is 1. The van der Waals surface area contributed by atoms with E-state index < -0.39 is 0 Å². The van der Waals surface area contributed by atoms with Gasteiger partial charge in [0.15, 0.2) is 0 Å². The molecule has 9 heteroatoms. The van der Waals surface area contributed by atoms with Crippen molar-refractivity contribution in [3.05, 3.63) is 75.9 Å².